The first-order chi connectivity index (χ1) is 30.4. The van der Waals surface area contributed by atoms with Crippen molar-refractivity contribution >= 4 is 65.1 Å². The van der Waals surface area contributed by atoms with Crippen LogP contribution in [0, 0.1) is 11.8 Å². The summed E-state index contributed by atoms with van der Waals surface area (Å²) in [5, 5.41) is 57.4. The molecule has 9 amide bonds. The number of carboxylic acids is 2. The van der Waals surface area contributed by atoms with Crippen molar-refractivity contribution in [3.63, 3.8) is 0 Å². The molecule has 1 aromatic heterocycles. The van der Waals surface area contributed by atoms with Crippen LogP contribution in [0.3, 0.4) is 0 Å². The monoisotopic (exact) mass is 926 g/mol. The zero-order valence-electron chi connectivity index (χ0n) is 36.8. The van der Waals surface area contributed by atoms with Gasteiger partial charge in [0.1, 0.15) is 48.3 Å². The number of imidazole rings is 1. The summed E-state index contributed by atoms with van der Waals surface area (Å²) >= 11 is 0. The molecule has 27 heteroatoms. The number of rotatable bonds is 29. The molecule has 0 saturated carbocycles. The average Bonchev–Trinajstić information content (AvgIpc) is 3.75. The van der Waals surface area contributed by atoms with Crippen LogP contribution in [0.5, 0.6) is 0 Å². The first-order valence-corrected chi connectivity index (χ1v) is 20.5. The van der Waals surface area contributed by atoms with Crippen molar-refractivity contribution in [3.8, 4) is 0 Å². The number of aliphatic hydroxyl groups excluding tert-OH is 2. The van der Waals surface area contributed by atoms with Gasteiger partial charge in [0.2, 0.25) is 53.2 Å². The summed E-state index contributed by atoms with van der Waals surface area (Å²) in [7, 11) is 0. The van der Waals surface area contributed by atoms with Gasteiger partial charge < -0.3 is 79.4 Å². The van der Waals surface area contributed by atoms with Gasteiger partial charge in [-0.05, 0) is 32.1 Å². The highest BCUT2D eigenvalue weighted by molar-refractivity contribution is 5.99. The molecule has 1 rings (SSSR count). The predicted molar refractivity (Wildman–Crippen MR) is 224 cm³/mol. The molecule has 1 heterocycles. The van der Waals surface area contributed by atoms with Gasteiger partial charge in [0, 0.05) is 19.0 Å². The Hall–Kier alpha value is -6.74. The summed E-state index contributed by atoms with van der Waals surface area (Å²) < 4.78 is 0. The van der Waals surface area contributed by atoms with E-state index in [1.165, 1.54) is 40.2 Å². The van der Waals surface area contributed by atoms with Crippen LogP contribution >= 0.6 is 0 Å². The highest BCUT2D eigenvalue weighted by atomic mass is 16.4. The van der Waals surface area contributed by atoms with Crippen LogP contribution in [0.1, 0.15) is 72.9 Å². The standard InChI is InChI=1S/C38H62N12O15/c1-7-17(4)29(50-30(56)18(5)39)37(63)43-19(6)31(57)47-24(13-51)35(61)48-25(14-52)34(60)45-22(10-20-12-41-15-42-20)32(58)46-23(11-27(54)55)33(59)49-28(16(2)3)36(62)44-21(38(64)65)8-9-26(40)53/h12,15-19,21-25,28-29,51-52H,7-11,13-14,39H2,1-6H3,(H2,40,53)(H,41,42)(H,43,63)(H,44,62)(H,45,60)(H,46,58)(H,47,57)(H,48,61)(H,49,59)(H,50,56)(H,54,55)(H,64,65)/t17-,18-,19-,21-,22-,23-,24-,25-,28-,29-/m0/s1. The second-order valence-corrected chi connectivity index (χ2v) is 15.5. The fourth-order valence-corrected chi connectivity index (χ4v) is 5.66. The molecule has 27 nitrogen and oxygen atoms in total. The van der Waals surface area contributed by atoms with E-state index in [9.17, 15) is 73.2 Å². The lowest BCUT2D eigenvalue weighted by Gasteiger charge is -2.28. The van der Waals surface area contributed by atoms with Gasteiger partial charge in [0.15, 0.2) is 0 Å². The van der Waals surface area contributed by atoms with E-state index in [0.29, 0.717) is 6.42 Å². The fourth-order valence-electron chi connectivity index (χ4n) is 5.66. The molecule has 0 aromatic carbocycles. The number of nitrogens with two attached hydrogens (primary N) is 2. The lowest BCUT2D eigenvalue weighted by molar-refractivity contribution is -0.144. The number of amides is 9. The fraction of sp³-hybridized carbons (Fsp3) is 0.632. The second kappa shape index (κ2) is 27.4. The van der Waals surface area contributed by atoms with Gasteiger partial charge in [-0.3, -0.25) is 47.9 Å². The number of aromatic nitrogens is 2. The van der Waals surface area contributed by atoms with Crippen LogP contribution in [-0.4, -0.2) is 163 Å². The van der Waals surface area contributed by atoms with Gasteiger partial charge in [-0.1, -0.05) is 34.1 Å². The van der Waals surface area contributed by atoms with E-state index in [1.54, 1.807) is 13.8 Å². The van der Waals surface area contributed by atoms with E-state index in [1.807, 2.05) is 0 Å². The molecule has 0 fully saturated rings. The lowest BCUT2D eigenvalue weighted by atomic mass is 9.97. The summed E-state index contributed by atoms with van der Waals surface area (Å²) in [6.07, 6.45) is 0.767. The molecule has 0 unspecified atom stereocenters. The Morgan fingerprint density at radius 3 is 1.57 bits per heavy atom. The van der Waals surface area contributed by atoms with Gasteiger partial charge in [0.05, 0.1) is 37.7 Å². The Balaban J connectivity index is 3.22. The number of hydrogen-bond acceptors (Lipinski definition) is 15. The first-order valence-electron chi connectivity index (χ1n) is 20.5. The summed E-state index contributed by atoms with van der Waals surface area (Å²) in [5.74, 6) is -13.2. The maximum absolute atomic E-state index is 13.7. The molecule has 364 valence electrons. The van der Waals surface area contributed by atoms with Crippen molar-refractivity contribution < 1.29 is 73.2 Å². The van der Waals surface area contributed by atoms with Crippen molar-refractivity contribution in [1.82, 2.24) is 52.5 Å². The number of aliphatic hydroxyl groups is 2. The number of carbonyl (C=O) groups excluding carboxylic acids is 9. The number of nitrogens with zero attached hydrogens (tertiary/aromatic N) is 1. The molecule has 0 aliphatic carbocycles. The lowest BCUT2D eigenvalue weighted by Crippen LogP contribution is -2.62. The number of carboxylic acid groups (broad SMARTS) is 2. The smallest absolute Gasteiger partial charge is 0.326 e. The SMILES string of the molecule is CC[C@H](C)[C@H](NC(=O)[C@H](C)N)C(=O)N[C@@H](C)C(=O)N[C@@H](CO)C(=O)N[C@@H](CO)C(=O)N[C@@H](Cc1c[nH]cn1)C(=O)N[C@@H](CC(=O)O)C(=O)N[C@H](C(=O)N[C@@H](CCC(N)=O)C(=O)O)C(C)C. The van der Waals surface area contributed by atoms with Gasteiger partial charge >= 0.3 is 11.9 Å². The van der Waals surface area contributed by atoms with Crippen LogP contribution in [0.25, 0.3) is 0 Å². The number of nitrogens with one attached hydrogen (secondary N) is 9. The highest BCUT2D eigenvalue weighted by Crippen LogP contribution is 2.10. The molecule has 1 aromatic rings. The van der Waals surface area contributed by atoms with E-state index in [4.69, 9.17) is 11.5 Å². The van der Waals surface area contributed by atoms with Gasteiger partial charge in [-0.2, -0.15) is 0 Å². The first kappa shape index (κ1) is 56.3. The summed E-state index contributed by atoms with van der Waals surface area (Å²) in [4.78, 5) is 147. The second-order valence-electron chi connectivity index (χ2n) is 15.5. The Kier molecular flexibility index (Phi) is 23.8. The Morgan fingerprint density at radius 2 is 1.11 bits per heavy atom. The van der Waals surface area contributed by atoms with E-state index < -0.39 is 158 Å². The zero-order chi connectivity index (χ0) is 49.7. The third-order valence-electron chi connectivity index (χ3n) is 9.74. The molecular formula is C38H62N12O15. The number of primary amides is 1. The van der Waals surface area contributed by atoms with Crippen molar-refractivity contribution in [3.05, 3.63) is 18.2 Å². The number of carbonyl (C=O) groups is 11. The van der Waals surface area contributed by atoms with Crippen LogP contribution < -0.4 is 54.0 Å². The minimum Gasteiger partial charge on any atom is -0.481 e. The van der Waals surface area contributed by atoms with E-state index in [2.05, 4.69) is 52.5 Å². The third kappa shape index (κ3) is 19.3. The number of hydrogen-bond donors (Lipinski definition) is 15. The van der Waals surface area contributed by atoms with Crippen molar-refractivity contribution in [1.29, 1.82) is 0 Å². The van der Waals surface area contributed by atoms with Crippen LogP contribution in [0.15, 0.2) is 12.5 Å². The molecule has 0 bridgehead atoms. The minimum atomic E-state index is -1.92. The number of aliphatic carboxylic acids is 2. The molecule has 0 aliphatic rings. The van der Waals surface area contributed by atoms with Gasteiger partial charge in [-0.25, -0.2) is 9.78 Å². The maximum Gasteiger partial charge on any atom is 0.326 e. The molecule has 0 spiro atoms. The summed E-state index contributed by atoms with van der Waals surface area (Å²) in [6.45, 7) is 6.92. The van der Waals surface area contributed by atoms with Crippen LogP contribution in [0.4, 0.5) is 0 Å². The number of H-pyrrole nitrogens is 1. The molecule has 0 radical (unpaired) electrons. The largest absolute Gasteiger partial charge is 0.481 e. The summed E-state index contributed by atoms with van der Waals surface area (Å²) in [5.41, 5.74) is 10.8. The van der Waals surface area contributed by atoms with Crippen molar-refractivity contribution in [2.24, 2.45) is 23.3 Å². The number of aromatic amines is 1. The molecule has 10 atom stereocenters. The van der Waals surface area contributed by atoms with E-state index in [-0.39, 0.29) is 18.0 Å². The quantitative estimate of drug-likeness (QED) is 0.0355. The van der Waals surface area contributed by atoms with E-state index >= 15 is 0 Å². The average molecular weight is 927 g/mol. The normalized spacial score (nSPS) is 15.7. The van der Waals surface area contributed by atoms with Crippen LogP contribution in [-0.2, 0) is 59.2 Å². The summed E-state index contributed by atoms with van der Waals surface area (Å²) in [6, 6.07) is -13.6. The Labute approximate surface area is 373 Å². The van der Waals surface area contributed by atoms with Gasteiger partial charge in [0.25, 0.3) is 0 Å². The Morgan fingerprint density at radius 1 is 0.631 bits per heavy atom. The topological polar surface area (TPSA) is 446 Å². The zero-order valence-corrected chi connectivity index (χ0v) is 36.8. The third-order valence-corrected chi connectivity index (χ3v) is 9.74. The molecule has 0 saturated heterocycles. The Bertz CT molecular complexity index is 1840. The van der Waals surface area contributed by atoms with Crippen LogP contribution in [0.2, 0.25) is 0 Å². The molecule has 0 aliphatic heterocycles. The van der Waals surface area contributed by atoms with Gasteiger partial charge in [-0.15, -0.1) is 0 Å². The minimum absolute atomic E-state index is 0.159. The van der Waals surface area contributed by atoms with Crippen molar-refractivity contribution in [2.45, 2.75) is 128 Å². The predicted octanol–water partition coefficient (Wildman–Crippen LogP) is -6.29. The molecular weight excluding hydrogens is 864 g/mol. The maximum atomic E-state index is 13.7. The van der Waals surface area contributed by atoms with Crippen molar-refractivity contribution in [2.75, 3.05) is 13.2 Å². The van der Waals surface area contributed by atoms with E-state index in [0.717, 1.165) is 0 Å². The molecule has 65 heavy (non-hydrogen) atoms. The molecule has 17 N–H and O–H groups in total. The highest BCUT2D eigenvalue weighted by Gasteiger charge is 2.36.